The first kappa shape index (κ1) is 24.7. The highest BCUT2D eigenvalue weighted by Crippen LogP contribution is 2.65. The Balaban J connectivity index is 1.47. The molecule has 176 valence electrons. The molecule has 2 amide bonds. The molecule has 33 heavy (non-hydrogen) atoms. The maximum atomic E-state index is 13.7. The summed E-state index contributed by atoms with van der Waals surface area (Å²) in [6, 6.07) is 6.11. The molecule has 4 rings (SSSR count). The molecule has 12 heteroatoms. The summed E-state index contributed by atoms with van der Waals surface area (Å²) < 4.78 is 38.3. The van der Waals surface area contributed by atoms with Gasteiger partial charge in [-0.2, -0.15) is 0 Å². The van der Waals surface area contributed by atoms with Crippen LogP contribution in [0.4, 0.5) is 18.9 Å². The van der Waals surface area contributed by atoms with Crippen LogP contribution in [0.25, 0.3) is 0 Å². The number of hydrogen-bond donors (Lipinski definition) is 2. The molecule has 2 fully saturated rings. The lowest BCUT2D eigenvalue weighted by Crippen LogP contribution is -2.50. The quantitative estimate of drug-likeness (QED) is 0.311. The summed E-state index contributed by atoms with van der Waals surface area (Å²) in [6.07, 6.45) is -0.887. The van der Waals surface area contributed by atoms with E-state index in [2.05, 4.69) is 10.6 Å². The van der Waals surface area contributed by atoms with Crippen molar-refractivity contribution in [3.05, 3.63) is 62.3 Å². The molecule has 4 nitrogen and oxygen atoms in total. The highest BCUT2D eigenvalue weighted by molar-refractivity contribution is 6.53. The van der Waals surface area contributed by atoms with Crippen LogP contribution in [0.1, 0.15) is 34.7 Å². The fourth-order valence-electron chi connectivity index (χ4n) is 3.85. The van der Waals surface area contributed by atoms with E-state index in [1.54, 1.807) is 0 Å². The molecule has 0 saturated heterocycles. The summed E-state index contributed by atoms with van der Waals surface area (Å²) in [5.41, 5.74) is 0.626. The Bertz CT molecular complexity index is 1130. The van der Waals surface area contributed by atoms with E-state index in [4.69, 9.17) is 58.0 Å². The maximum Gasteiger partial charge on any atom is 0.253 e. The smallest absolute Gasteiger partial charge is 0.253 e. The van der Waals surface area contributed by atoms with Gasteiger partial charge in [0.05, 0.1) is 26.5 Å². The van der Waals surface area contributed by atoms with Gasteiger partial charge in [-0.1, -0.05) is 34.8 Å². The number of benzene rings is 2. The molecule has 0 heterocycles. The predicted molar refractivity (Wildman–Crippen MR) is 123 cm³/mol. The number of carbonyl (C=O) groups is 2. The van der Waals surface area contributed by atoms with Gasteiger partial charge in [0.15, 0.2) is 5.82 Å². The van der Waals surface area contributed by atoms with Crippen molar-refractivity contribution in [2.75, 3.05) is 5.32 Å². The summed E-state index contributed by atoms with van der Waals surface area (Å²) in [4.78, 5) is 25.3. The molecule has 2 saturated carbocycles. The Morgan fingerprint density at radius 1 is 0.970 bits per heavy atom. The maximum absolute atomic E-state index is 13.7. The molecule has 0 radical (unpaired) electrons. The molecule has 0 bridgehead atoms. The van der Waals surface area contributed by atoms with Crippen LogP contribution in [0.5, 0.6) is 0 Å². The van der Waals surface area contributed by atoms with Gasteiger partial charge in [-0.05, 0) is 35.9 Å². The Morgan fingerprint density at radius 2 is 1.58 bits per heavy atom. The van der Waals surface area contributed by atoms with Crippen LogP contribution in [0.2, 0.25) is 15.1 Å². The summed E-state index contributed by atoms with van der Waals surface area (Å²) in [5, 5.41) is 4.72. The summed E-state index contributed by atoms with van der Waals surface area (Å²) in [5.74, 6) is -6.40. The van der Waals surface area contributed by atoms with Gasteiger partial charge in [0.2, 0.25) is 5.91 Å². The van der Waals surface area contributed by atoms with Crippen LogP contribution < -0.4 is 10.6 Å². The minimum atomic E-state index is -2.78. The second-order valence-electron chi connectivity index (χ2n) is 8.05. The van der Waals surface area contributed by atoms with E-state index in [0.717, 1.165) is 0 Å². The van der Waals surface area contributed by atoms with Crippen molar-refractivity contribution in [1.29, 1.82) is 0 Å². The van der Waals surface area contributed by atoms with Crippen LogP contribution >= 0.6 is 58.0 Å². The number of halogens is 8. The lowest BCUT2D eigenvalue weighted by molar-refractivity contribution is -0.117. The monoisotopic (exact) mass is 558 g/mol. The van der Waals surface area contributed by atoms with Crippen molar-refractivity contribution < 1.29 is 22.8 Å². The fraction of sp³-hybridized carbons (Fsp3) is 0.333. The molecule has 0 spiro atoms. The highest BCUT2D eigenvalue weighted by atomic mass is 35.5. The number of amides is 2. The molecule has 0 aliphatic heterocycles. The molecule has 2 aliphatic rings. The molecule has 2 aromatic rings. The number of nitrogens with one attached hydrogen (secondary N) is 2. The van der Waals surface area contributed by atoms with E-state index in [0.29, 0.717) is 5.56 Å². The summed E-state index contributed by atoms with van der Waals surface area (Å²) >= 11 is 30.3. The van der Waals surface area contributed by atoms with Gasteiger partial charge < -0.3 is 10.6 Å². The zero-order chi connectivity index (χ0) is 24.3. The van der Waals surface area contributed by atoms with Crippen molar-refractivity contribution in [3.63, 3.8) is 0 Å². The number of carbonyl (C=O) groups excluding carboxylic acids is 2. The first-order chi connectivity index (χ1) is 15.3. The average molecular weight is 561 g/mol. The van der Waals surface area contributed by atoms with Crippen LogP contribution in [0, 0.1) is 11.7 Å². The van der Waals surface area contributed by atoms with Crippen LogP contribution in [0.15, 0.2) is 30.3 Å². The van der Waals surface area contributed by atoms with E-state index in [9.17, 15) is 22.8 Å². The predicted octanol–water partition coefficient (Wildman–Crippen LogP) is 6.84. The van der Waals surface area contributed by atoms with Crippen molar-refractivity contribution in [3.8, 4) is 0 Å². The third kappa shape index (κ3) is 4.89. The van der Waals surface area contributed by atoms with Gasteiger partial charge in [-0.25, -0.2) is 13.2 Å². The lowest BCUT2D eigenvalue weighted by Gasteiger charge is -2.35. The van der Waals surface area contributed by atoms with Crippen molar-refractivity contribution in [1.82, 2.24) is 5.32 Å². The van der Waals surface area contributed by atoms with Gasteiger partial charge in [-0.3, -0.25) is 9.59 Å². The highest BCUT2D eigenvalue weighted by Gasteiger charge is 2.67. The standard InChI is InChI=1S/C21H14Cl5F3N2O2/c22-12-2-1-9(5-11(12)18(32)31-10-6-20(28,29)7-10)30-19(33)16-15(21(16,25)26)8-3-13(23)17(27)14(24)4-8/h1-5,10,15-16H,6-7H2,(H,30,33)(H,31,32)/t15-,16+/m1/s1. The Hall–Kier alpha value is -1.38. The average Bonchev–Trinajstić information content (AvgIpc) is 3.27. The second-order valence-corrected chi connectivity index (χ2v) is 10.7. The zero-order valence-electron chi connectivity index (χ0n) is 16.4. The third-order valence-corrected chi connectivity index (χ3v) is 7.43. The fourth-order valence-corrected chi connectivity index (χ4v) is 5.38. The second kappa shape index (κ2) is 8.68. The van der Waals surface area contributed by atoms with E-state index in [1.807, 2.05) is 0 Å². The minimum Gasteiger partial charge on any atom is -0.349 e. The number of anilines is 1. The van der Waals surface area contributed by atoms with Gasteiger partial charge in [0.25, 0.3) is 11.8 Å². The third-order valence-electron chi connectivity index (χ3n) is 5.61. The van der Waals surface area contributed by atoms with Crippen LogP contribution in [-0.4, -0.2) is 28.1 Å². The molecule has 2 atom stereocenters. The van der Waals surface area contributed by atoms with Gasteiger partial charge >= 0.3 is 0 Å². The molecular formula is C21H14Cl5F3N2O2. The Morgan fingerprint density at radius 3 is 2.15 bits per heavy atom. The molecular weight excluding hydrogens is 547 g/mol. The molecule has 2 aliphatic carbocycles. The molecule has 0 aromatic heterocycles. The van der Waals surface area contributed by atoms with Crippen molar-refractivity contribution in [2.45, 2.75) is 35.1 Å². The summed E-state index contributed by atoms with van der Waals surface area (Å²) in [6.45, 7) is 0. The van der Waals surface area contributed by atoms with Gasteiger partial charge in [0.1, 0.15) is 4.33 Å². The molecule has 2 N–H and O–H groups in total. The van der Waals surface area contributed by atoms with Crippen molar-refractivity contribution in [2.24, 2.45) is 5.92 Å². The summed E-state index contributed by atoms with van der Waals surface area (Å²) in [7, 11) is 0. The lowest BCUT2D eigenvalue weighted by atomic mass is 9.88. The number of alkyl halides is 4. The van der Waals surface area contributed by atoms with E-state index >= 15 is 0 Å². The normalized spacial score (nSPS) is 22.9. The van der Waals surface area contributed by atoms with Gasteiger partial charge in [-0.15, -0.1) is 23.2 Å². The Labute approximate surface area is 211 Å². The Kier molecular flexibility index (Phi) is 6.51. The molecule has 0 unspecified atom stereocenters. The molecule has 2 aromatic carbocycles. The first-order valence-corrected chi connectivity index (χ1v) is 11.5. The first-order valence-electron chi connectivity index (χ1n) is 9.61. The zero-order valence-corrected chi connectivity index (χ0v) is 20.2. The number of rotatable bonds is 5. The van der Waals surface area contributed by atoms with E-state index in [1.165, 1.54) is 30.3 Å². The topological polar surface area (TPSA) is 58.2 Å². The number of hydrogen-bond acceptors (Lipinski definition) is 2. The van der Waals surface area contributed by atoms with E-state index in [-0.39, 0.29) is 26.3 Å². The largest absolute Gasteiger partial charge is 0.349 e. The van der Waals surface area contributed by atoms with Crippen LogP contribution in [-0.2, 0) is 4.79 Å². The van der Waals surface area contributed by atoms with Gasteiger partial charge in [0, 0.05) is 30.5 Å². The van der Waals surface area contributed by atoms with E-state index < -0.39 is 58.6 Å². The van der Waals surface area contributed by atoms with Crippen molar-refractivity contribution >= 4 is 75.5 Å². The SMILES string of the molecule is O=C(NC1CC(F)(F)C1)c1cc(NC(=O)[C@@H]2[C@@H](c3cc(Cl)c(F)c(Cl)c3)C2(Cl)Cl)ccc1Cl. The van der Waals surface area contributed by atoms with Crippen LogP contribution in [0.3, 0.4) is 0 Å². The minimum absolute atomic E-state index is 0.0112.